The number of nitrogens with one attached hydrogen (secondary N) is 1. The summed E-state index contributed by atoms with van der Waals surface area (Å²) in [6.07, 6.45) is 0.603. The minimum Gasteiger partial charge on any atom is -0.350 e. The highest BCUT2D eigenvalue weighted by atomic mass is 32.2. The Labute approximate surface area is 173 Å². The second kappa shape index (κ2) is 9.04. The summed E-state index contributed by atoms with van der Waals surface area (Å²) in [6.45, 7) is 2.38. The number of likely N-dealkylation sites (N-methyl/N-ethyl adjacent to an activating group) is 1. The van der Waals surface area contributed by atoms with Gasteiger partial charge in [-0.2, -0.15) is 5.10 Å². The van der Waals surface area contributed by atoms with Crippen LogP contribution < -0.4 is 5.32 Å². The smallest absolute Gasteiger partial charge is 0.270 e. The fraction of sp³-hybridized carbons (Fsp3) is 0.556. The lowest BCUT2D eigenvalue weighted by Crippen LogP contribution is -2.47. The highest BCUT2D eigenvalue weighted by molar-refractivity contribution is 7.91. The number of rotatable bonds is 7. The van der Waals surface area contributed by atoms with Crippen molar-refractivity contribution in [2.45, 2.75) is 38.8 Å². The first-order valence-corrected chi connectivity index (χ1v) is 12.2. The van der Waals surface area contributed by atoms with E-state index in [1.54, 1.807) is 6.92 Å². The van der Waals surface area contributed by atoms with Crippen molar-refractivity contribution in [2.24, 2.45) is 5.10 Å². The lowest BCUT2D eigenvalue weighted by atomic mass is 10.1. The Morgan fingerprint density at radius 3 is 2.79 bits per heavy atom. The van der Waals surface area contributed by atoms with Crippen molar-refractivity contribution in [3.63, 3.8) is 0 Å². The standard InChI is InChI=1S/C18H24N4O5S2/c1-2-21(11-16(23)19-10-14-4-3-8-28-14)18(25)15-5-6-17(24)22(20-15)13-7-9-29(26,27)12-13/h3-4,8,13H,2,5-7,9-12H2,1H3,(H,19,23). The Balaban J connectivity index is 1.63. The van der Waals surface area contributed by atoms with E-state index in [9.17, 15) is 22.8 Å². The number of nitrogens with zero attached hydrogens (tertiary/aromatic N) is 3. The first kappa shape index (κ1) is 21.4. The summed E-state index contributed by atoms with van der Waals surface area (Å²) in [5.74, 6) is -1.07. The normalized spacial score (nSPS) is 21.0. The number of hydrazone groups is 1. The van der Waals surface area contributed by atoms with Crippen LogP contribution in [0.25, 0.3) is 0 Å². The van der Waals surface area contributed by atoms with Crippen molar-refractivity contribution in [3.05, 3.63) is 22.4 Å². The molecule has 0 aliphatic carbocycles. The molecule has 29 heavy (non-hydrogen) atoms. The lowest BCUT2D eigenvalue weighted by molar-refractivity contribution is -0.134. The van der Waals surface area contributed by atoms with Crippen LogP contribution >= 0.6 is 11.3 Å². The van der Waals surface area contributed by atoms with E-state index in [0.29, 0.717) is 19.5 Å². The van der Waals surface area contributed by atoms with Gasteiger partial charge in [0.25, 0.3) is 5.91 Å². The van der Waals surface area contributed by atoms with Crippen molar-refractivity contribution in [1.29, 1.82) is 0 Å². The van der Waals surface area contributed by atoms with Crippen molar-refractivity contribution in [1.82, 2.24) is 15.2 Å². The summed E-state index contributed by atoms with van der Waals surface area (Å²) in [5, 5.41) is 10.1. The van der Waals surface area contributed by atoms with Crippen molar-refractivity contribution >= 4 is 44.6 Å². The van der Waals surface area contributed by atoms with Gasteiger partial charge in [0.05, 0.1) is 30.6 Å². The molecular weight excluding hydrogens is 416 g/mol. The average Bonchev–Trinajstić information content (AvgIpc) is 3.33. The zero-order chi connectivity index (χ0) is 21.0. The van der Waals surface area contributed by atoms with Gasteiger partial charge in [-0.05, 0) is 24.8 Å². The fourth-order valence-electron chi connectivity index (χ4n) is 3.32. The number of sulfone groups is 1. The Bertz CT molecular complexity index is 911. The maximum Gasteiger partial charge on any atom is 0.270 e. The van der Waals surface area contributed by atoms with Gasteiger partial charge in [-0.3, -0.25) is 14.4 Å². The molecule has 1 atom stereocenters. The molecule has 9 nitrogen and oxygen atoms in total. The van der Waals surface area contributed by atoms with Gasteiger partial charge in [0.1, 0.15) is 5.71 Å². The quantitative estimate of drug-likeness (QED) is 0.658. The van der Waals surface area contributed by atoms with Gasteiger partial charge in [-0.1, -0.05) is 6.07 Å². The minimum atomic E-state index is -3.18. The second-order valence-corrected chi connectivity index (χ2v) is 10.3. The first-order chi connectivity index (χ1) is 13.8. The van der Waals surface area contributed by atoms with Gasteiger partial charge in [0.15, 0.2) is 9.84 Å². The zero-order valence-electron chi connectivity index (χ0n) is 16.2. The molecule has 1 unspecified atom stereocenters. The molecule has 158 valence electrons. The van der Waals surface area contributed by atoms with E-state index in [-0.39, 0.29) is 48.4 Å². The molecule has 1 fully saturated rings. The van der Waals surface area contributed by atoms with Crippen molar-refractivity contribution < 1.29 is 22.8 Å². The minimum absolute atomic E-state index is 0.0196. The molecule has 11 heteroatoms. The third-order valence-electron chi connectivity index (χ3n) is 4.90. The zero-order valence-corrected chi connectivity index (χ0v) is 17.8. The molecule has 1 aromatic heterocycles. The van der Waals surface area contributed by atoms with E-state index in [1.165, 1.54) is 16.2 Å². The number of thiophene rings is 1. The second-order valence-electron chi connectivity index (χ2n) is 7.02. The predicted octanol–water partition coefficient (Wildman–Crippen LogP) is 0.378. The Kier molecular flexibility index (Phi) is 6.68. The van der Waals surface area contributed by atoms with Crippen LogP contribution in [0.4, 0.5) is 0 Å². The van der Waals surface area contributed by atoms with Gasteiger partial charge in [-0.25, -0.2) is 13.4 Å². The Morgan fingerprint density at radius 1 is 1.38 bits per heavy atom. The molecule has 3 heterocycles. The molecule has 0 spiro atoms. The Hall–Kier alpha value is -2.27. The summed E-state index contributed by atoms with van der Waals surface area (Å²) >= 11 is 1.54. The maximum absolute atomic E-state index is 12.9. The summed E-state index contributed by atoms with van der Waals surface area (Å²) < 4.78 is 23.4. The molecule has 0 aromatic carbocycles. The molecule has 1 N–H and O–H groups in total. The number of amides is 3. The molecule has 2 aliphatic rings. The van der Waals surface area contributed by atoms with E-state index in [0.717, 1.165) is 9.89 Å². The topological polar surface area (TPSA) is 116 Å². The third-order valence-corrected chi connectivity index (χ3v) is 7.53. The number of carbonyl (C=O) groups excluding carboxylic acids is 3. The van der Waals surface area contributed by atoms with Crippen LogP contribution in [0.5, 0.6) is 0 Å². The van der Waals surface area contributed by atoms with Gasteiger partial charge in [0, 0.05) is 24.3 Å². The van der Waals surface area contributed by atoms with E-state index in [4.69, 9.17) is 0 Å². The van der Waals surface area contributed by atoms with Crippen LogP contribution in [0.3, 0.4) is 0 Å². The highest BCUT2D eigenvalue weighted by Crippen LogP contribution is 2.22. The van der Waals surface area contributed by atoms with Gasteiger partial charge >= 0.3 is 0 Å². The summed E-state index contributed by atoms with van der Waals surface area (Å²) in [6, 6.07) is 3.29. The van der Waals surface area contributed by atoms with Crippen LogP contribution in [-0.4, -0.2) is 72.4 Å². The number of hydrogen-bond acceptors (Lipinski definition) is 7. The summed E-state index contributed by atoms with van der Waals surface area (Å²) in [7, 11) is -3.18. The monoisotopic (exact) mass is 440 g/mol. The number of hydrogen-bond donors (Lipinski definition) is 1. The number of carbonyl (C=O) groups is 3. The van der Waals surface area contributed by atoms with Crippen LogP contribution in [0.1, 0.15) is 31.1 Å². The largest absolute Gasteiger partial charge is 0.350 e. The third kappa shape index (κ3) is 5.41. The average molecular weight is 441 g/mol. The van der Waals surface area contributed by atoms with Crippen LogP contribution in [0.2, 0.25) is 0 Å². The SMILES string of the molecule is CCN(CC(=O)NCc1cccs1)C(=O)C1=NN(C2CCS(=O)(=O)C2)C(=O)CC1. The Morgan fingerprint density at radius 2 is 2.17 bits per heavy atom. The molecule has 2 aliphatic heterocycles. The molecule has 1 saturated heterocycles. The van der Waals surface area contributed by atoms with Crippen LogP contribution in [0.15, 0.2) is 22.6 Å². The van der Waals surface area contributed by atoms with Crippen LogP contribution in [0, 0.1) is 0 Å². The molecular formula is C18H24N4O5S2. The molecule has 3 amide bonds. The van der Waals surface area contributed by atoms with Gasteiger partial charge < -0.3 is 10.2 Å². The maximum atomic E-state index is 12.9. The summed E-state index contributed by atoms with van der Waals surface area (Å²) in [5.41, 5.74) is 0.182. The van der Waals surface area contributed by atoms with E-state index in [1.807, 2.05) is 17.5 Å². The first-order valence-electron chi connectivity index (χ1n) is 9.47. The van der Waals surface area contributed by atoms with E-state index >= 15 is 0 Å². The van der Waals surface area contributed by atoms with Crippen molar-refractivity contribution in [3.8, 4) is 0 Å². The molecule has 0 radical (unpaired) electrons. The molecule has 1 aromatic rings. The van der Waals surface area contributed by atoms with Gasteiger partial charge in [0.2, 0.25) is 11.8 Å². The highest BCUT2D eigenvalue weighted by Gasteiger charge is 2.37. The lowest BCUT2D eigenvalue weighted by Gasteiger charge is -2.29. The molecule has 3 rings (SSSR count). The van der Waals surface area contributed by atoms with Gasteiger partial charge in [-0.15, -0.1) is 11.3 Å². The van der Waals surface area contributed by atoms with Crippen molar-refractivity contribution in [2.75, 3.05) is 24.6 Å². The fourth-order valence-corrected chi connectivity index (χ4v) is 5.65. The molecule has 0 bridgehead atoms. The van der Waals surface area contributed by atoms with Crippen LogP contribution in [-0.2, 0) is 30.8 Å². The van der Waals surface area contributed by atoms with E-state index in [2.05, 4.69) is 10.4 Å². The molecule has 0 saturated carbocycles. The summed E-state index contributed by atoms with van der Waals surface area (Å²) in [4.78, 5) is 39.7. The van der Waals surface area contributed by atoms with E-state index < -0.39 is 21.8 Å². The predicted molar refractivity (Wildman–Crippen MR) is 109 cm³/mol.